The van der Waals surface area contributed by atoms with Crippen LogP contribution < -0.4 is 0 Å². The number of nitro groups is 1. The summed E-state index contributed by atoms with van der Waals surface area (Å²) in [5.74, 6) is 0.248. The van der Waals surface area contributed by atoms with Gasteiger partial charge in [-0.05, 0) is 25.7 Å². The third-order valence-corrected chi connectivity index (χ3v) is 3.94. The lowest BCUT2D eigenvalue weighted by molar-refractivity contribution is -0.384. The molecule has 1 saturated heterocycles. The van der Waals surface area contributed by atoms with Crippen LogP contribution in [0.5, 0.6) is 0 Å². The number of amides is 1. The van der Waals surface area contributed by atoms with E-state index in [0.29, 0.717) is 19.0 Å². The molecule has 1 aliphatic rings. The maximum absolute atomic E-state index is 12.2. The van der Waals surface area contributed by atoms with E-state index in [4.69, 9.17) is 11.6 Å². The Kier molecular flexibility index (Phi) is 4.09. The van der Waals surface area contributed by atoms with Gasteiger partial charge in [-0.15, -0.1) is 11.6 Å². The molecular weight excluding hydrogens is 270 g/mol. The van der Waals surface area contributed by atoms with Crippen molar-refractivity contribution in [1.82, 2.24) is 9.88 Å². The molecule has 6 nitrogen and oxygen atoms in total. The van der Waals surface area contributed by atoms with Crippen LogP contribution in [0.4, 0.5) is 5.69 Å². The summed E-state index contributed by atoms with van der Waals surface area (Å²) in [5.41, 5.74) is 0.177. The predicted molar refractivity (Wildman–Crippen MR) is 71.4 cm³/mol. The second-order valence-corrected chi connectivity index (χ2v) is 5.52. The van der Waals surface area contributed by atoms with Gasteiger partial charge in [-0.25, -0.2) is 0 Å². The van der Waals surface area contributed by atoms with Crippen molar-refractivity contribution in [2.45, 2.75) is 25.1 Å². The minimum atomic E-state index is -0.519. The van der Waals surface area contributed by atoms with Crippen molar-refractivity contribution in [2.24, 2.45) is 5.92 Å². The highest BCUT2D eigenvalue weighted by atomic mass is 35.5. The second kappa shape index (κ2) is 5.61. The van der Waals surface area contributed by atoms with E-state index in [1.165, 1.54) is 12.3 Å². The fraction of sp³-hybridized carbons (Fsp3) is 0.583. The molecule has 2 heterocycles. The van der Waals surface area contributed by atoms with Gasteiger partial charge in [0, 0.05) is 24.5 Å². The van der Waals surface area contributed by atoms with Gasteiger partial charge in [-0.1, -0.05) is 0 Å². The molecule has 2 rings (SSSR count). The maximum Gasteiger partial charge on any atom is 0.287 e. The summed E-state index contributed by atoms with van der Waals surface area (Å²) in [6, 6.07) is 1.28. The minimum absolute atomic E-state index is 0.0902. The lowest BCUT2D eigenvalue weighted by atomic mass is 9.94. The number of nitrogens with zero attached hydrogens (tertiary/aromatic N) is 2. The fourth-order valence-corrected chi connectivity index (χ4v) is 2.60. The van der Waals surface area contributed by atoms with Crippen LogP contribution in [0.1, 0.15) is 30.3 Å². The molecule has 0 spiro atoms. The molecule has 0 bridgehead atoms. The Bertz CT molecular complexity index is 478. The largest absolute Gasteiger partial charge is 0.351 e. The van der Waals surface area contributed by atoms with Crippen LogP contribution in [0.25, 0.3) is 0 Å². The van der Waals surface area contributed by atoms with Crippen molar-refractivity contribution < 1.29 is 9.72 Å². The maximum atomic E-state index is 12.2. The first kappa shape index (κ1) is 13.9. The first-order valence-corrected chi connectivity index (χ1v) is 6.69. The summed E-state index contributed by atoms with van der Waals surface area (Å²) >= 11 is 6.05. The number of carbonyl (C=O) groups excluding carboxylic acids is 1. The topological polar surface area (TPSA) is 79.2 Å². The second-order valence-electron chi connectivity index (χ2n) is 4.84. The Labute approximate surface area is 115 Å². The molecule has 1 aromatic rings. The van der Waals surface area contributed by atoms with Gasteiger partial charge in [0.1, 0.15) is 5.69 Å². The van der Waals surface area contributed by atoms with Gasteiger partial charge in [0.25, 0.3) is 11.6 Å². The molecule has 19 heavy (non-hydrogen) atoms. The van der Waals surface area contributed by atoms with Crippen LogP contribution >= 0.6 is 11.6 Å². The number of likely N-dealkylation sites (tertiary alicyclic amines) is 1. The van der Waals surface area contributed by atoms with E-state index in [1.54, 1.807) is 4.90 Å². The molecule has 0 aliphatic carbocycles. The quantitative estimate of drug-likeness (QED) is 0.526. The smallest absolute Gasteiger partial charge is 0.287 e. The highest BCUT2D eigenvalue weighted by molar-refractivity contribution is 6.20. The summed E-state index contributed by atoms with van der Waals surface area (Å²) in [6.07, 6.45) is 2.99. The Morgan fingerprint density at radius 2 is 2.21 bits per heavy atom. The summed E-state index contributed by atoms with van der Waals surface area (Å²) < 4.78 is 0. The number of hydrogen-bond acceptors (Lipinski definition) is 3. The Hall–Kier alpha value is -1.56. The zero-order valence-corrected chi connectivity index (χ0v) is 11.4. The van der Waals surface area contributed by atoms with Gasteiger partial charge >= 0.3 is 0 Å². The number of aromatic nitrogens is 1. The summed E-state index contributed by atoms with van der Waals surface area (Å²) in [5, 5.41) is 10.7. The van der Waals surface area contributed by atoms with Crippen LogP contribution in [-0.2, 0) is 0 Å². The van der Waals surface area contributed by atoms with E-state index >= 15 is 0 Å². The molecule has 1 fully saturated rings. The molecule has 1 unspecified atom stereocenters. The SMILES string of the molecule is CC(Cl)C1CCN(C(=O)c2cc([N+](=O)[O-])c[nH]2)CC1. The van der Waals surface area contributed by atoms with Crippen LogP contribution in [0.2, 0.25) is 0 Å². The Balaban J connectivity index is 1.99. The van der Waals surface area contributed by atoms with Gasteiger partial charge in [0.05, 0.1) is 11.1 Å². The van der Waals surface area contributed by atoms with Gasteiger partial charge in [-0.3, -0.25) is 14.9 Å². The van der Waals surface area contributed by atoms with Crippen molar-refractivity contribution in [2.75, 3.05) is 13.1 Å². The highest BCUT2D eigenvalue weighted by Crippen LogP contribution is 2.25. The zero-order chi connectivity index (χ0) is 14.0. The molecule has 1 N–H and O–H groups in total. The number of halogens is 1. The summed E-state index contributed by atoms with van der Waals surface area (Å²) in [4.78, 5) is 26.6. The molecular formula is C12H16ClN3O3. The van der Waals surface area contributed by atoms with Crippen molar-refractivity contribution in [3.63, 3.8) is 0 Å². The van der Waals surface area contributed by atoms with Crippen LogP contribution in [-0.4, -0.2) is 39.2 Å². The number of H-pyrrole nitrogens is 1. The third-order valence-electron chi connectivity index (χ3n) is 3.59. The summed E-state index contributed by atoms with van der Waals surface area (Å²) in [7, 11) is 0. The van der Waals surface area contributed by atoms with Crippen molar-refractivity contribution in [1.29, 1.82) is 0 Å². The van der Waals surface area contributed by atoms with Gasteiger partial charge in [0.2, 0.25) is 0 Å². The number of rotatable bonds is 3. The van der Waals surface area contributed by atoms with E-state index in [1.807, 2.05) is 6.92 Å². The number of nitrogens with one attached hydrogen (secondary N) is 1. The van der Waals surface area contributed by atoms with Crippen LogP contribution in [0.3, 0.4) is 0 Å². The third kappa shape index (κ3) is 3.07. The number of piperidine rings is 1. The predicted octanol–water partition coefficient (Wildman–Crippen LogP) is 2.40. The van der Waals surface area contributed by atoms with E-state index in [0.717, 1.165) is 12.8 Å². The Morgan fingerprint density at radius 3 is 2.68 bits per heavy atom. The number of hydrogen-bond donors (Lipinski definition) is 1. The van der Waals surface area contributed by atoms with E-state index in [9.17, 15) is 14.9 Å². The van der Waals surface area contributed by atoms with Gasteiger partial charge in [-0.2, -0.15) is 0 Å². The van der Waals surface area contributed by atoms with Crippen molar-refractivity contribution in [3.8, 4) is 0 Å². The minimum Gasteiger partial charge on any atom is -0.351 e. The van der Waals surface area contributed by atoms with Crippen molar-refractivity contribution in [3.05, 3.63) is 28.1 Å². The average Bonchev–Trinajstić information content (AvgIpc) is 2.87. The monoisotopic (exact) mass is 285 g/mol. The normalized spacial score (nSPS) is 18.3. The van der Waals surface area contributed by atoms with Gasteiger partial charge in [0.15, 0.2) is 0 Å². The van der Waals surface area contributed by atoms with Crippen molar-refractivity contribution >= 4 is 23.2 Å². The Morgan fingerprint density at radius 1 is 1.58 bits per heavy atom. The van der Waals surface area contributed by atoms with Crippen LogP contribution in [0.15, 0.2) is 12.3 Å². The van der Waals surface area contributed by atoms with E-state index in [2.05, 4.69) is 4.98 Å². The fourth-order valence-electron chi connectivity index (χ4n) is 2.34. The molecule has 104 valence electrons. The lowest BCUT2D eigenvalue weighted by Gasteiger charge is -2.32. The zero-order valence-electron chi connectivity index (χ0n) is 10.6. The number of aromatic amines is 1. The standard InChI is InChI=1S/C12H16ClN3O3/c1-8(13)9-2-4-15(5-3-9)12(17)11-6-10(7-14-11)16(18)19/h6-9,14H,2-5H2,1H3. The average molecular weight is 286 g/mol. The molecule has 1 amide bonds. The first-order valence-electron chi connectivity index (χ1n) is 6.25. The summed E-state index contributed by atoms with van der Waals surface area (Å²) in [6.45, 7) is 3.26. The lowest BCUT2D eigenvalue weighted by Crippen LogP contribution is -2.40. The molecule has 0 aromatic carbocycles. The highest BCUT2D eigenvalue weighted by Gasteiger charge is 2.27. The van der Waals surface area contributed by atoms with Gasteiger partial charge < -0.3 is 9.88 Å². The van der Waals surface area contributed by atoms with E-state index in [-0.39, 0.29) is 22.7 Å². The van der Waals surface area contributed by atoms with Crippen LogP contribution in [0, 0.1) is 16.0 Å². The molecule has 1 aliphatic heterocycles. The molecule has 1 aromatic heterocycles. The van der Waals surface area contributed by atoms with E-state index < -0.39 is 4.92 Å². The molecule has 0 radical (unpaired) electrons. The molecule has 1 atom stereocenters. The molecule has 0 saturated carbocycles. The number of alkyl halides is 1. The molecule has 7 heteroatoms. The first-order chi connectivity index (χ1) is 8.99. The number of carbonyl (C=O) groups is 1.